The normalized spacial score (nSPS) is 21.5. The zero-order valence-electron chi connectivity index (χ0n) is 4.11. The van der Waals surface area contributed by atoms with Gasteiger partial charge in [-0.1, -0.05) is 0 Å². The largest absolute Gasteiger partial charge is 0.384 e. The van der Waals surface area contributed by atoms with E-state index in [4.69, 9.17) is 4.74 Å². The van der Waals surface area contributed by atoms with Gasteiger partial charge in [-0.25, -0.2) is 0 Å². The molecule has 0 heterocycles. The van der Waals surface area contributed by atoms with E-state index in [0.29, 0.717) is 0 Å². The third-order valence-electron chi connectivity index (χ3n) is 1.10. The van der Waals surface area contributed by atoms with Crippen LogP contribution in [0.2, 0.25) is 0 Å². The van der Waals surface area contributed by atoms with E-state index in [-0.39, 0.29) is 1.43 Å². The summed E-state index contributed by atoms with van der Waals surface area (Å²) >= 11 is 0. The molecular weight excluding hydrogens is 76.1 g/mol. The average molecular weight is 88.2 g/mol. The molecule has 0 atom stereocenters. The van der Waals surface area contributed by atoms with Crippen LogP contribution in [0.3, 0.4) is 0 Å². The van der Waals surface area contributed by atoms with Crippen molar-refractivity contribution in [2.45, 2.75) is 12.8 Å². The van der Waals surface area contributed by atoms with Crippen LogP contribution >= 0.6 is 0 Å². The van der Waals surface area contributed by atoms with Gasteiger partial charge in [0, 0.05) is 15.1 Å². The van der Waals surface area contributed by atoms with Crippen molar-refractivity contribution in [3.63, 3.8) is 0 Å². The van der Waals surface area contributed by atoms with Crippen molar-refractivity contribution in [2.75, 3.05) is 13.7 Å². The number of methoxy groups -OCH3 is 1. The Hall–Kier alpha value is -0.0400. The number of ether oxygens (including phenoxy) is 1. The lowest BCUT2D eigenvalue weighted by Crippen LogP contribution is -1.87. The summed E-state index contributed by atoms with van der Waals surface area (Å²) in [7, 11) is 1.76. The molecule has 38 valence electrons. The first-order valence-corrected chi connectivity index (χ1v) is 2.42. The van der Waals surface area contributed by atoms with Gasteiger partial charge >= 0.3 is 0 Å². The number of hydrogen-bond donors (Lipinski definition) is 0. The van der Waals surface area contributed by atoms with Gasteiger partial charge in [0.05, 0.1) is 0 Å². The standard InChI is InChI=1S/C5H10O.H2/c1-6-4-5-2-3-5;/h5H,2-4H2,1H3;1H. The van der Waals surface area contributed by atoms with E-state index >= 15 is 0 Å². The van der Waals surface area contributed by atoms with E-state index in [9.17, 15) is 0 Å². The molecule has 0 aliphatic heterocycles. The summed E-state index contributed by atoms with van der Waals surface area (Å²) in [6.07, 6.45) is 2.79. The van der Waals surface area contributed by atoms with Gasteiger partial charge in [0.25, 0.3) is 0 Å². The Balaban J connectivity index is 0.000000360. The van der Waals surface area contributed by atoms with Crippen molar-refractivity contribution in [1.29, 1.82) is 0 Å². The van der Waals surface area contributed by atoms with Gasteiger partial charge < -0.3 is 4.74 Å². The minimum atomic E-state index is 0. The van der Waals surface area contributed by atoms with Crippen LogP contribution in [0.25, 0.3) is 0 Å². The maximum Gasteiger partial charge on any atom is 0.0490 e. The molecule has 0 spiro atoms. The van der Waals surface area contributed by atoms with Gasteiger partial charge in [0.2, 0.25) is 0 Å². The van der Waals surface area contributed by atoms with Crippen LogP contribution in [-0.2, 0) is 4.74 Å². The minimum Gasteiger partial charge on any atom is -0.384 e. The summed E-state index contributed by atoms with van der Waals surface area (Å²) < 4.78 is 4.87. The zero-order valence-corrected chi connectivity index (χ0v) is 4.11. The quantitative estimate of drug-likeness (QED) is 0.494. The lowest BCUT2D eigenvalue weighted by Gasteiger charge is -1.87. The number of rotatable bonds is 2. The van der Waals surface area contributed by atoms with Gasteiger partial charge in [0.15, 0.2) is 0 Å². The fourth-order valence-corrected chi connectivity index (χ4v) is 0.520. The van der Waals surface area contributed by atoms with Gasteiger partial charge in [-0.2, -0.15) is 0 Å². The Morgan fingerprint density at radius 2 is 2.50 bits per heavy atom. The van der Waals surface area contributed by atoms with Crippen molar-refractivity contribution < 1.29 is 6.16 Å². The summed E-state index contributed by atoms with van der Waals surface area (Å²) in [6.45, 7) is 0.986. The molecule has 0 amide bonds. The van der Waals surface area contributed by atoms with Crippen LogP contribution in [-0.4, -0.2) is 13.7 Å². The Morgan fingerprint density at radius 1 is 1.83 bits per heavy atom. The van der Waals surface area contributed by atoms with Gasteiger partial charge in [0.1, 0.15) is 0 Å². The maximum absolute atomic E-state index is 4.87. The minimum absolute atomic E-state index is 0. The van der Waals surface area contributed by atoms with Gasteiger partial charge in [-0.15, -0.1) is 0 Å². The van der Waals surface area contributed by atoms with Gasteiger partial charge in [-0.3, -0.25) is 0 Å². The lowest BCUT2D eigenvalue weighted by atomic mass is 10.5. The molecule has 1 aliphatic rings. The van der Waals surface area contributed by atoms with E-state index in [2.05, 4.69) is 0 Å². The van der Waals surface area contributed by atoms with Crippen molar-refractivity contribution in [3.05, 3.63) is 0 Å². The highest BCUT2D eigenvalue weighted by Gasteiger charge is 2.19. The molecule has 1 nitrogen and oxygen atoms in total. The first-order chi connectivity index (χ1) is 2.93. The molecule has 0 unspecified atom stereocenters. The predicted molar refractivity (Wildman–Crippen MR) is 26.7 cm³/mol. The highest BCUT2D eigenvalue weighted by Crippen LogP contribution is 2.28. The molecule has 1 aliphatic carbocycles. The smallest absolute Gasteiger partial charge is 0.0490 e. The predicted octanol–water partition coefficient (Wildman–Crippen LogP) is 1.29. The third-order valence-corrected chi connectivity index (χ3v) is 1.10. The summed E-state index contributed by atoms with van der Waals surface area (Å²) in [5.74, 6) is 0.926. The topological polar surface area (TPSA) is 9.23 Å². The fraction of sp³-hybridized carbons (Fsp3) is 1.00. The highest BCUT2D eigenvalue weighted by molar-refractivity contribution is 4.71. The molecule has 1 heteroatoms. The van der Waals surface area contributed by atoms with Crippen molar-refractivity contribution in [3.8, 4) is 0 Å². The third kappa shape index (κ3) is 0.977. The van der Waals surface area contributed by atoms with Crippen LogP contribution < -0.4 is 0 Å². The Bertz CT molecular complexity index is 43.3. The van der Waals surface area contributed by atoms with E-state index in [1.807, 2.05) is 0 Å². The van der Waals surface area contributed by atoms with E-state index in [0.717, 1.165) is 12.5 Å². The Morgan fingerprint density at radius 3 is 2.67 bits per heavy atom. The van der Waals surface area contributed by atoms with E-state index < -0.39 is 0 Å². The molecule has 0 saturated heterocycles. The molecule has 0 bridgehead atoms. The molecule has 1 saturated carbocycles. The van der Waals surface area contributed by atoms with Gasteiger partial charge in [-0.05, 0) is 18.8 Å². The Labute approximate surface area is 39.8 Å². The number of hydrogen-bond acceptors (Lipinski definition) is 1. The first-order valence-electron chi connectivity index (χ1n) is 2.42. The monoisotopic (exact) mass is 88.1 g/mol. The van der Waals surface area contributed by atoms with Crippen LogP contribution in [0.4, 0.5) is 0 Å². The molecule has 1 fully saturated rings. The molecule has 1 rings (SSSR count). The molecular formula is C5H12O. The Kier molecular flexibility index (Phi) is 1.10. The lowest BCUT2D eigenvalue weighted by molar-refractivity contribution is 0.186. The fourth-order valence-electron chi connectivity index (χ4n) is 0.520. The molecule has 0 aromatic rings. The van der Waals surface area contributed by atoms with Crippen LogP contribution in [0.5, 0.6) is 0 Å². The van der Waals surface area contributed by atoms with Crippen molar-refractivity contribution in [1.82, 2.24) is 0 Å². The maximum atomic E-state index is 4.87. The van der Waals surface area contributed by atoms with Crippen molar-refractivity contribution in [2.24, 2.45) is 5.92 Å². The molecule has 6 heavy (non-hydrogen) atoms. The second-order valence-corrected chi connectivity index (χ2v) is 1.90. The summed E-state index contributed by atoms with van der Waals surface area (Å²) in [4.78, 5) is 0. The van der Waals surface area contributed by atoms with E-state index in [1.54, 1.807) is 7.11 Å². The summed E-state index contributed by atoms with van der Waals surface area (Å²) in [5, 5.41) is 0. The summed E-state index contributed by atoms with van der Waals surface area (Å²) in [5.41, 5.74) is 0. The van der Waals surface area contributed by atoms with Crippen LogP contribution in [0.1, 0.15) is 14.3 Å². The average Bonchev–Trinajstić information content (AvgIpc) is 2.21. The second-order valence-electron chi connectivity index (χ2n) is 1.90. The SMILES string of the molecule is COCC1CC1.[HH]. The first kappa shape index (κ1) is 4.13. The van der Waals surface area contributed by atoms with Crippen molar-refractivity contribution >= 4 is 0 Å². The second kappa shape index (κ2) is 1.61. The highest BCUT2D eigenvalue weighted by atomic mass is 16.5. The zero-order chi connectivity index (χ0) is 4.41. The molecule has 0 radical (unpaired) electrons. The van der Waals surface area contributed by atoms with E-state index in [1.165, 1.54) is 12.8 Å². The summed E-state index contributed by atoms with van der Waals surface area (Å²) in [6, 6.07) is 0. The molecule has 0 aromatic heterocycles. The van der Waals surface area contributed by atoms with Crippen LogP contribution in [0, 0.1) is 5.92 Å². The molecule has 0 aromatic carbocycles. The van der Waals surface area contributed by atoms with Crippen LogP contribution in [0.15, 0.2) is 0 Å². The molecule has 0 N–H and O–H groups in total.